The number of carbonyl (C=O) groups excluding carboxylic acids is 1. The van der Waals surface area contributed by atoms with Crippen molar-refractivity contribution in [1.82, 2.24) is 4.90 Å². The molecule has 3 aromatic rings. The van der Waals surface area contributed by atoms with Gasteiger partial charge in [-0.25, -0.2) is 4.39 Å². The summed E-state index contributed by atoms with van der Waals surface area (Å²) in [5.41, 5.74) is 1.81. The summed E-state index contributed by atoms with van der Waals surface area (Å²) in [5.74, 6) is -0.244. The molecule has 1 amide bonds. The maximum atomic E-state index is 13.3. The quantitative estimate of drug-likeness (QED) is 0.354. The van der Waals surface area contributed by atoms with Crippen LogP contribution in [-0.4, -0.2) is 46.6 Å². The lowest BCUT2D eigenvalue weighted by atomic mass is 10.1. The molecule has 1 aliphatic carbocycles. The standard InChI is InChI=1S/C27H28FNO6S/c1-33-15-14-29(27(30)24-17-23(24)20-6-4-3-5-7-20)18-19-8-13-25(34-2)26(16-19)35-36(31,32)22-11-9-21(28)10-12-22/h3-13,16,23-24H,14-15,17-18H2,1-2H3/t23-,24?/m0/s1. The molecule has 0 aliphatic heterocycles. The van der Waals surface area contributed by atoms with Crippen molar-refractivity contribution in [1.29, 1.82) is 0 Å². The van der Waals surface area contributed by atoms with Crippen molar-refractivity contribution in [3.8, 4) is 11.5 Å². The van der Waals surface area contributed by atoms with Crippen molar-refractivity contribution < 1.29 is 31.3 Å². The van der Waals surface area contributed by atoms with E-state index >= 15 is 0 Å². The number of ether oxygens (including phenoxy) is 2. The zero-order valence-electron chi connectivity index (χ0n) is 20.1. The Morgan fingerprint density at radius 3 is 2.39 bits per heavy atom. The predicted molar refractivity (Wildman–Crippen MR) is 132 cm³/mol. The topological polar surface area (TPSA) is 82.1 Å². The Morgan fingerprint density at radius 1 is 1.00 bits per heavy atom. The van der Waals surface area contributed by atoms with Crippen molar-refractivity contribution >= 4 is 16.0 Å². The Hall–Kier alpha value is -3.43. The first-order chi connectivity index (χ1) is 17.3. The van der Waals surface area contributed by atoms with Crippen LogP contribution in [-0.2, 0) is 26.2 Å². The molecule has 0 bridgehead atoms. The monoisotopic (exact) mass is 513 g/mol. The Balaban J connectivity index is 1.53. The maximum Gasteiger partial charge on any atom is 0.339 e. The van der Waals surface area contributed by atoms with E-state index in [0.29, 0.717) is 18.7 Å². The van der Waals surface area contributed by atoms with Gasteiger partial charge in [0, 0.05) is 26.1 Å². The van der Waals surface area contributed by atoms with Crippen LogP contribution in [0.1, 0.15) is 23.5 Å². The van der Waals surface area contributed by atoms with Gasteiger partial charge in [0.25, 0.3) is 0 Å². The third-order valence-corrected chi connectivity index (χ3v) is 7.36. The molecule has 3 aromatic carbocycles. The number of amides is 1. The minimum absolute atomic E-state index is 0.0213. The van der Waals surface area contributed by atoms with Crippen molar-refractivity contribution in [2.75, 3.05) is 27.4 Å². The van der Waals surface area contributed by atoms with Crippen LogP contribution in [0.3, 0.4) is 0 Å². The molecule has 190 valence electrons. The summed E-state index contributed by atoms with van der Waals surface area (Å²) in [4.78, 5) is 14.9. The Bertz CT molecular complexity index is 1300. The SMILES string of the molecule is COCCN(Cc1ccc(OC)c(OS(=O)(=O)c2ccc(F)cc2)c1)C(=O)C1C[C@H]1c1ccccc1. The minimum Gasteiger partial charge on any atom is -0.493 e. The lowest BCUT2D eigenvalue weighted by Crippen LogP contribution is -2.35. The summed E-state index contributed by atoms with van der Waals surface area (Å²) in [6.07, 6.45) is 0.791. The highest BCUT2D eigenvalue weighted by Crippen LogP contribution is 2.48. The summed E-state index contributed by atoms with van der Waals surface area (Å²) >= 11 is 0. The summed E-state index contributed by atoms with van der Waals surface area (Å²) in [5, 5.41) is 0. The summed E-state index contributed by atoms with van der Waals surface area (Å²) < 4.78 is 54.6. The lowest BCUT2D eigenvalue weighted by molar-refractivity contribution is -0.134. The average Bonchev–Trinajstić information content (AvgIpc) is 3.68. The summed E-state index contributed by atoms with van der Waals surface area (Å²) in [6.45, 7) is 1.01. The molecule has 0 saturated heterocycles. The molecule has 2 atom stereocenters. The largest absolute Gasteiger partial charge is 0.493 e. The number of carbonyl (C=O) groups is 1. The second-order valence-corrected chi connectivity index (χ2v) is 10.1. The minimum atomic E-state index is -4.23. The molecule has 9 heteroatoms. The van der Waals surface area contributed by atoms with E-state index in [-0.39, 0.29) is 40.7 Å². The summed E-state index contributed by atoms with van der Waals surface area (Å²) in [6, 6.07) is 19.2. The van der Waals surface area contributed by atoms with E-state index in [1.165, 1.54) is 13.2 Å². The number of hydrogen-bond donors (Lipinski definition) is 0. The van der Waals surface area contributed by atoms with Crippen molar-refractivity contribution in [2.24, 2.45) is 5.92 Å². The Labute approximate surface area is 210 Å². The molecule has 0 heterocycles. The van der Waals surface area contributed by atoms with Crippen LogP contribution in [0.2, 0.25) is 0 Å². The van der Waals surface area contributed by atoms with Gasteiger partial charge in [0.1, 0.15) is 10.7 Å². The van der Waals surface area contributed by atoms with E-state index in [4.69, 9.17) is 13.7 Å². The van der Waals surface area contributed by atoms with Crippen molar-refractivity contribution in [2.45, 2.75) is 23.8 Å². The number of benzene rings is 3. The molecule has 1 aliphatic rings. The third-order valence-electron chi connectivity index (χ3n) is 6.12. The van der Waals surface area contributed by atoms with E-state index in [1.807, 2.05) is 30.3 Å². The molecule has 0 radical (unpaired) electrons. The van der Waals surface area contributed by atoms with Crippen LogP contribution in [0, 0.1) is 11.7 Å². The van der Waals surface area contributed by atoms with Gasteiger partial charge in [0.2, 0.25) is 5.91 Å². The molecule has 1 fully saturated rings. The fourth-order valence-electron chi connectivity index (χ4n) is 4.11. The van der Waals surface area contributed by atoms with Crippen molar-refractivity contribution in [3.63, 3.8) is 0 Å². The van der Waals surface area contributed by atoms with E-state index in [9.17, 15) is 17.6 Å². The molecular weight excluding hydrogens is 485 g/mol. The number of halogens is 1. The zero-order valence-corrected chi connectivity index (χ0v) is 20.9. The highest BCUT2D eigenvalue weighted by molar-refractivity contribution is 7.87. The predicted octanol–water partition coefficient (Wildman–Crippen LogP) is 4.38. The van der Waals surface area contributed by atoms with Gasteiger partial charge in [-0.15, -0.1) is 0 Å². The van der Waals surface area contributed by atoms with Crippen LogP contribution < -0.4 is 8.92 Å². The Kier molecular flexibility index (Phi) is 7.91. The van der Waals surface area contributed by atoms with Gasteiger partial charge < -0.3 is 18.6 Å². The molecular formula is C27H28FNO6S. The van der Waals surface area contributed by atoms with Gasteiger partial charge in [-0.2, -0.15) is 8.42 Å². The van der Waals surface area contributed by atoms with E-state index in [1.54, 1.807) is 24.1 Å². The molecule has 7 nitrogen and oxygen atoms in total. The van der Waals surface area contributed by atoms with Crippen molar-refractivity contribution in [3.05, 3.63) is 89.7 Å². The third kappa shape index (κ3) is 6.03. The van der Waals surface area contributed by atoms with Gasteiger partial charge in [0.15, 0.2) is 11.5 Å². The smallest absolute Gasteiger partial charge is 0.339 e. The zero-order chi connectivity index (χ0) is 25.7. The highest BCUT2D eigenvalue weighted by atomic mass is 32.2. The summed E-state index contributed by atoms with van der Waals surface area (Å²) in [7, 11) is -1.25. The fourth-order valence-corrected chi connectivity index (χ4v) is 5.04. The fraction of sp³-hybridized carbons (Fsp3) is 0.296. The molecule has 4 rings (SSSR count). The normalized spacial score (nSPS) is 16.9. The Morgan fingerprint density at radius 2 is 1.72 bits per heavy atom. The lowest BCUT2D eigenvalue weighted by Gasteiger charge is -2.23. The number of nitrogens with zero attached hydrogens (tertiary/aromatic N) is 1. The first-order valence-electron chi connectivity index (χ1n) is 11.5. The van der Waals surface area contributed by atoms with Gasteiger partial charge in [-0.1, -0.05) is 36.4 Å². The van der Waals surface area contributed by atoms with Gasteiger partial charge >= 0.3 is 10.1 Å². The molecule has 0 spiro atoms. The van der Waals surface area contributed by atoms with Crippen LogP contribution in [0.15, 0.2) is 77.7 Å². The first kappa shape index (κ1) is 25.7. The second-order valence-electron chi connectivity index (χ2n) is 8.59. The van der Waals surface area contributed by atoms with E-state index in [0.717, 1.165) is 36.2 Å². The number of rotatable bonds is 11. The molecule has 1 saturated carbocycles. The molecule has 0 N–H and O–H groups in total. The molecule has 0 aromatic heterocycles. The van der Waals surface area contributed by atoms with E-state index in [2.05, 4.69) is 0 Å². The van der Waals surface area contributed by atoms with E-state index < -0.39 is 15.9 Å². The number of methoxy groups -OCH3 is 2. The van der Waals surface area contributed by atoms with Gasteiger partial charge in [0.05, 0.1) is 13.7 Å². The number of hydrogen-bond acceptors (Lipinski definition) is 6. The molecule has 36 heavy (non-hydrogen) atoms. The molecule has 1 unspecified atom stereocenters. The second kappa shape index (κ2) is 11.1. The highest BCUT2D eigenvalue weighted by Gasteiger charge is 2.45. The average molecular weight is 514 g/mol. The van der Waals surface area contributed by atoms with Gasteiger partial charge in [-0.3, -0.25) is 4.79 Å². The van der Waals surface area contributed by atoms with Crippen LogP contribution in [0.5, 0.6) is 11.5 Å². The van der Waals surface area contributed by atoms with Crippen LogP contribution in [0.25, 0.3) is 0 Å². The van der Waals surface area contributed by atoms with Gasteiger partial charge in [-0.05, 0) is 59.9 Å². The first-order valence-corrected chi connectivity index (χ1v) is 12.9. The van der Waals surface area contributed by atoms with Crippen LogP contribution >= 0.6 is 0 Å². The van der Waals surface area contributed by atoms with Crippen LogP contribution in [0.4, 0.5) is 4.39 Å². The maximum absolute atomic E-state index is 13.3.